The fourth-order valence-corrected chi connectivity index (χ4v) is 4.32. The van der Waals surface area contributed by atoms with E-state index in [1.165, 1.54) is 27.8 Å². The molecule has 0 radical (unpaired) electrons. The van der Waals surface area contributed by atoms with Crippen molar-refractivity contribution in [2.45, 2.75) is 26.2 Å². The third kappa shape index (κ3) is 3.83. The average Bonchev–Trinajstić information content (AvgIpc) is 3.02. The van der Waals surface area contributed by atoms with Crippen molar-refractivity contribution in [3.8, 4) is 44.9 Å². The first-order chi connectivity index (χ1) is 15.5. The van der Waals surface area contributed by atoms with E-state index < -0.39 is 0 Å². The summed E-state index contributed by atoms with van der Waals surface area (Å²) in [5.74, 6) is 1.74. The van der Waals surface area contributed by atoms with Gasteiger partial charge in [-0.25, -0.2) is 4.42 Å². The van der Waals surface area contributed by atoms with Crippen molar-refractivity contribution >= 4 is 0 Å². The first-order valence-electron chi connectivity index (χ1n) is 11.1. The van der Waals surface area contributed by atoms with Crippen LogP contribution in [0.5, 0.6) is 0 Å². The third-order valence-corrected chi connectivity index (χ3v) is 5.94. The van der Waals surface area contributed by atoms with Gasteiger partial charge in [-0.3, -0.25) is 0 Å². The highest BCUT2D eigenvalue weighted by Crippen LogP contribution is 2.44. The molecule has 1 heteroatoms. The van der Waals surface area contributed by atoms with Crippen LogP contribution in [-0.2, 0) is 5.41 Å². The van der Waals surface area contributed by atoms with Crippen molar-refractivity contribution in [1.82, 2.24) is 0 Å². The van der Waals surface area contributed by atoms with E-state index in [4.69, 9.17) is 4.42 Å². The molecule has 0 spiro atoms. The van der Waals surface area contributed by atoms with Gasteiger partial charge in [0, 0.05) is 5.56 Å². The van der Waals surface area contributed by atoms with Crippen LogP contribution in [0.3, 0.4) is 0 Å². The Kier molecular flexibility index (Phi) is 5.11. The molecule has 0 saturated heterocycles. The summed E-state index contributed by atoms with van der Waals surface area (Å²) in [5.41, 5.74) is 8.54. The molecule has 0 aliphatic heterocycles. The first-order valence-corrected chi connectivity index (χ1v) is 11.1. The van der Waals surface area contributed by atoms with Gasteiger partial charge in [-0.15, -0.1) is 0 Å². The summed E-state index contributed by atoms with van der Waals surface area (Å²) in [6, 6.07) is 38.2. The van der Waals surface area contributed by atoms with Gasteiger partial charge in [0.15, 0.2) is 0 Å². The van der Waals surface area contributed by atoms with Crippen LogP contribution in [0.4, 0.5) is 0 Å². The Morgan fingerprint density at radius 3 is 1.44 bits per heavy atom. The average molecular weight is 416 g/mol. The van der Waals surface area contributed by atoms with Crippen molar-refractivity contribution in [1.29, 1.82) is 0 Å². The van der Waals surface area contributed by atoms with E-state index in [1.54, 1.807) is 0 Å². The van der Waals surface area contributed by atoms with E-state index in [9.17, 15) is 0 Å². The number of rotatable bonds is 3. The highest BCUT2D eigenvalue weighted by atomic mass is 16.3. The molecule has 1 aromatic heterocycles. The maximum Gasteiger partial charge on any atom is 0.361 e. The van der Waals surface area contributed by atoms with Crippen molar-refractivity contribution < 1.29 is 4.42 Å². The fraction of sp³-hybridized carbons (Fsp3) is 0.129. The minimum atomic E-state index is 0.0501. The van der Waals surface area contributed by atoms with Crippen LogP contribution in [0, 0.1) is 0 Å². The summed E-state index contributed by atoms with van der Waals surface area (Å²) >= 11 is 0. The molecule has 0 saturated carbocycles. The van der Waals surface area contributed by atoms with E-state index in [1.807, 2.05) is 12.1 Å². The van der Waals surface area contributed by atoms with Crippen molar-refractivity contribution in [3.05, 3.63) is 115 Å². The molecule has 5 rings (SSSR count). The number of fused-ring (bicyclic) bond motifs is 1. The van der Waals surface area contributed by atoms with Crippen molar-refractivity contribution in [2.75, 3.05) is 0 Å². The molecule has 2 aliphatic rings. The largest absolute Gasteiger partial charge is 0.361 e. The van der Waals surface area contributed by atoms with Crippen LogP contribution >= 0.6 is 0 Å². The quantitative estimate of drug-likeness (QED) is 0.268. The molecule has 0 unspecified atom stereocenters. The zero-order chi connectivity index (χ0) is 22.1. The molecular weight excluding hydrogens is 388 g/mol. The maximum atomic E-state index is 6.42. The highest BCUT2D eigenvalue weighted by Gasteiger charge is 2.27. The van der Waals surface area contributed by atoms with Crippen molar-refractivity contribution in [2.24, 2.45) is 0 Å². The second-order valence-electron chi connectivity index (χ2n) is 9.27. The zero-order valence-corrected chi connectivity index (χ0v) is 18.8. The van der Waals surface area contributed by atoms with Gasteiger partial charge in [-0.05, 0) is 58.0 Å². The Labute approximate surface area is 190 Å². The van der Waals surface area contributed by atoms with Gasteiger partial charge in [-0.2, -0.15) is 0 Å². The Bertz CT molecular complexity index is 1270. The molecule has 1 nitrogen and oxygen atoms in total. The molecule has 1 heterocycles. The molecule has 0 fully saturated rings. The number of benzene rings is 2. The Hall–Kier alpha value is -3.71. The van der Waals surface area contributed by atoms with Gasteiger partial charge < -0.3 is 0 Å². The summed E-state index contributed by atoms with van der Waals surface area (Å²) in [6.07, 6.45) is 0. The smallest absolute Gasteiger partial charge is 0.207 e. The fourth-order valence-electron chi connectivity index (χ4n) is 4.32. The second kappa shape index (κ2) is 8.09. The van der Waals surface area contributed by atoms with Gasteiger partial charge >= 0.3 is 11.5 Å². The topological polar surface area (TPSA) is 11.3 Å². The first kappa shape index (κ1) is 20.2. The summed E-state index contributed by atoms with van der Waals surface area (Å²) in [6.45, 7) is 6.84. The highest BCUT2D eigenvalue weighted by molar-refractivity contribution is 5.91. The van der Waals surface area contributed by atoms with Crippen LogP contribution in [0.2, 0.25) is 0 Å². The second-order valence-corrected chi connectivity index (χ2v) is 9.27. The van der Waals surface area contributed by atoms with E-state index in [-0.39, 0.29) is 5.41 Å². The predicted octanol–water partition coefficient (Wildman–Crippen LogP) is 8.96. The minimum Gasteiger partial charge on any atom is -0.207 e. The molecular formula is C31H27O+. The lowest BCUT2D eigenvalue weighted by Crippen LogP contribution is -2.10. The lowest BCUT2D eigenvalue weighted by atomic mass is 9.86. The van der Waals surface area contributed by atoms with E-state index in [2.05, 4.69) is 118 Å². The molecule has 0 N–H and O–H groups in total. The minimum absolute atomic E-state index is 0.0501. The molecule has 2 aromatic carbocycles. The summed E-state index contributed by atoms with van der Waals surface area (Å²) in [4.78, 5) is 0. The summed E-state index contributed by atoms with van der Waals surface area (Å²) in [7, 11) is 0. The molecule has 156 valence electrons. The SMILES string of the molecule is CC(C)(C)c1cc(-c2cc(-c3ccccc3)[o+]c(-c3ccccc3)c2)c2cccccc1-2. The Balaban J connectivity index is 1.78. The molecule has 0 atom stereocenters. The van der Waals surface area contributed by atoms with Crippen LogP contribution in [-0.4, -0.2) is 0 Å². The van der Waals surface area contributed by atoms with Gasteiger partial charge in [-0.1, -0.05) is 87.5 Å². The standard InChI is InChI=1S/C31H27O/c1-31(2,3)28-21-27(25-17-11-6-12-18-26(25)28)24-19-29(22-13-7-4-8-14-22)32-30(20-24)23-15-9-5-10-16-23/h4-21H,1-3H3/q+1. The maximum absolute atomic E-state index is 6.42. The van der Waals surface area contributed by atoms with Crippen LogP contribution in [0.15, 0.2) is 114 Å². The Morgan fingerprint density at radius 2 is 0.938 bits per heavy atom. The van der Waals surface area contributed by atoms with Crippen LogP contribution in [0.1, 0.15) is 26.3 Å². The summed E-state index contributed by atoms with van der Waals surface area (Å²) < 4.78 is 6.42. The molecule has 0 amide bonds. The third-order valence-electron chi connectivity index (χ3n) is 5.94. The van der Waals surface area contributed by atoms with Gasteiger partial charge in [0.05, 0.1) is 23.3 Å². The lowest BCUT2D eigenvalue weighted by molar-refractivity contribution is 0.582. The molecule has 0 bridgehead atoms. The van der Waals surface area contributed by atoms with Gasteiger partial charge in [0.25, 0.3) is 0 Å². The monoisotopic (exact) mass is 415 g/mol. The summed E-state index contributed by atoms with van der Waals surface area (Å²) in [5, 5.41) is 0. The van der Waals surface area contributed by atoms with E-state index >= 15 is 0 Å². The lowest BCUT2D eigenvalue weighted by Gasteiger charge is -2.18. The van der Waals surface area contributed by atoms with Crippen molar-refractivity contribution in [3.63, 3.8) is 0 Å². The molecule has 3 aromatic rings. The van der Waals surface area contributed by atoms with Crippen LogP contribution < -0.4 is 0 Å². The molecule has 2 aliphatic carbocycles. The number of hydrogen-bond acceptors (Lipinski definition) is 0. The zero-order valence-electron chi connectivity index (χ0n) is 18.8. The van der Waals surface area contributed by atoms with Gasteiger partial charge in [0.2, 0.25) is 0 Å². The van der Waals surface area contributed by atoms with E-state index in [0.717, 1.165) is 22.6 Å². The normalized spacial score (nSPS) is 11.6. The Morgan fingerprint density at radius 1 is 0.469 bits per heavy atom. The molecule has 32 heavy (non-hydrogen) atoms. The van der Waals surface area contributed by atoms with Gasteiger partial charge in [0.1, 0.15) is 0 Å². The van der Waals surface area contributed by atoms with E-state index in [0.29, 0.717) is 0 Å². The predicted molar refractivity (Wildman–Crippen MR) is 135 cm³/mol. The van der Waals surface area contributed by atoms with Crippen LogP contribution in [0.25, 0.3) is 44.9 Å². The number of hydrogen-bond donors (Lipinski definition) is 0.